The van der Waals surface area contributed by atoms with Crippen molar-refractivity contribution in [2.75, 3.05) is 13.6 Å². The van der Waals surface area contributed by atoms with Crippen LogP contribution in [0.15, 0.2) is 0 Å². The zero-order valence-electron chi connectivity index (χ0n) is 9.12. The molecule has 1 saturated heterocycles. The summed E-state index contributed by atoms with van der Waals surface area (Å²) in [6.45, 7) is 4.61. The Labute approximate surface area is 85.1 Å². The van der Waals surface area contributed by atoms with Gasteiger partial charge in [0, 0.05) is 12.0 Å². The lowest BCUT2D eigenvalue weighted by atomic mass is 10.1. The highest BCUT2D eigenvalue weighted by Crippen LogP contribution is 2.40. The molecular weight excluding hydrogens is 180 g/mol. The zero-order chi connectivity index (χ0) is 10.3. The summed E-state index contributed by atoms with van der Waals surface area (Å²) in [5, 5.41) is 3.28. The lowest BCUT2D eigenvalue weighted by Crippen LogP contribution is -2.37. The van der Waals surface area contributed by atoms with Gasteiger partial charge in [-0.2, -0.15) is 0 Å². The van der Waals surface area contributed by atoms with Crippen molar-refractivity contribution in [2.24, 2.45) is 11.7 Å². The molecule has 82 valence electrons. The van der Waals surface area contributed by atoms with Crippen molar-refractivity contribution in [3.63, 3.8) is 0 Å². The van der Waals surface area contributed by atoms with Crippen molar-refractivity contribution >= 4 is 0 Å². The Hall–Kier alpha value is -0.160. The van der Waals surface area contributed by atoms with Crippen molar-refractivity contribution in [1.82, 2.24) is 5.32 Å². The summed E-state index contributed by atoms with van der Waals surface area (Å²) < 4.78 is 11.7. The van der Waals surface area contributed by atoms with E-state index in [0.717, 1.165) is 6.42 Å². The third-order valence-corrected chi connectivity index (χ3v) is 3.26. The minimum Gasteiger partial charge on any atom is -0.344 e. The first kappa shape index (κ1) is 10.4. The van der Waals surface area contributed by atoms with E-state index < -0.39 is 5.79 Å². The minimum absolute atomic E-state index is 0.170. The molecule has 2 rings (SSSR count). The van der Waals surface area contributed by atoms with Gasteiger partial charge in [-0.3, -0.25) is 0 Å². The third kappa shape index (κ3) is 1.56. The molecule has 0 aromatic heterocycles. The maximum absolute atomic E-state index is 5.87. The Morgan fingerprint density at radius 3 is 2.57 bits per heavy atom. The van der Waals surface area contributed by atoms with Crippen LogP contribution in [0.4, 0.5) is 0 Å². The van der Waals surface area contributed by atoms with Crippen LogP contribution in [-0.4, -0.2) is 37.6 Å². The Bertz CT molecular complexity index is 200. The quantitative estimate of drug-likeness (QED) is 0.662. The highest BCUT2D eigenvalue weighted by molar-refractivity contribution is 5.01. The van der Waals surface area contributed by atoms with E-state index in [1.807, 2.05) is 20.9 Å². The summed E-state index contributed by atoms with van der Waals surface area (Å²) in [6.07, 6.45) is 1.40. The van der Waals surface area contributed by atoms with Gasteiger partial charge in [0.25, 0.3) is 0 Å². The van der Waals surface area contributed by atoms with Crippen LogP contribution in [0.1, 0.15) is 20.3 Å². The molecule has 0 amide bonds. The van der Waals surface area contributed by atoms with Crippen LogP contribution >= 0.6 is 0 Å². The molecule has 0 aromatic rings. The van der Waals surface area contributed by atoms with Gasteiger partial charge in [0.15, 0.2) is 5.79 Å². The van der Waals surface area contributed by atoms with Crippen molar-refractivity contribution in [1.29, 1.82) is 0 Å². The molecule has 4 unspecified atom stereocenters. The molecule has 0 bridgehead atoms. The van der Waals surface area contributed by atoms with E-state index in [4.69, 9.17) is 15.2 Å². The first-order valence-electron chi connectivity index (χ1n) is 5.30. The van der Waals surface area contributed by atoms with Crippen LogP contribution in [0.25, 0.3) is 0 Å². The molecule has 1 heterocycles. The Kier molecular flexibility index (Phi) is 2.55. The lowest BCUT2D eigenvalue weighted by molar-refractivity contribution is -0.158. The third-order valence-electron chi connectivity index (χ3n) is 3.26. The number of nitrogens with two attached hydrogens (primary N) is 1. The maximum Gasteiger partial charge on any atom is 0.163 e. The van der Waals surface area contributed by atoms with Gasteiger partial charge in [-0.15, -0.1) is 0 Å². The van der Waals surface area contributed by atoms with Crippen LogP contribution in [0.2, 0.25) is 0 Å². The van der Waals surface area contributed by atoms with E-state index in [9.17, 15) is 0 Å². The maximum atomic E-state index is 5.87. The fourth-order valence-corrected chi connectivity index (χ4v) is 2.60. The highest BCUT2D eigenvalue weighted by atomic mass is 16.8. The standard InChI is InChI=1S/C10H20N2O2/c1-10(2)13-8-6(5-11)4-7(12-3)9(8)14-10/h6-9,12H,4-5,11H2,1-3H3. The van der Waals surface area contributed by atoms with E-state index in [-0.39, 0.29) is 12.2 Å². The average molecular weight is 200 g/mol. The molecule has 0 spiro atoms. The summed E-state index contributed by atoms with van der Waals surface area (Å²) in [7, 11) is 1.97. The van der Waals surface area contributed by atoms with Crippen LogP contribution in [0, 0.1) is 5.92 Å². The van der Waals surface area contributed by atoms with E-state index in [1.165, 1.54) is 0 Å². The molecule has 3 N–H and O–H groups in total. The number of fused-ring (bicyclic) bond motifs is 1. The first-order valence-corrected chi connectivity index (χ1v) is 5.30. The molecule has 14 heavy (non-hydrogen) atoms. The fourth-order valence-electron chi connectivity index (χ4n) is 2.60. The molecule has 1 aliphatic heterocycles. The van der Waals surface area contributed by atoms with Gasteiger partial charge in [0.1, 0.15) is 6.10 Å². The second kappa shape index (κ2) is 3.45. The van der Waals surface area contributed by atoms with Crippen LogP contribution < -0.4 is 11.1 Å². The summed E-state index contributed by atoms with van der Waals surface area (Å²) >= 11 is 0. The van der Waals surface area contributed by atoms with Crippen LogP contribution in [-0.2, 0) is 9.47 Å². The summed E-state index contributed by atoms with van der Waals surface area (Å²) in [6, 6.07) is 0.385. The minimum atomic E-state index is -0.446. The van der Waals surface area contributed by atoms with Gasteiger partial charge in [0.2, 0.25) is 0 Å². The van der Waals surface area contributed by atoms with Crippen molar-refractivity contribution in [2.45, 2.75) is 44.3 Å². The number of nitrogens with one attached hydrogen (secondary N) is 1. The van der Waals surface area contributed by atoms with E-state index in [0.29, 0.717) is 18.5 Å². The van der Waals surface area contributed by atoms with Crippen molar-refractivity contribution in [3.8, 4) is 0 Å². The number of rotatable bonds is 2. The van der Waals surface area contributed by atoms with Gasteiger partial charge in [0.05, 0.1) is 6.10 Å². The summed E-state index contributed by atoms with van der Waals surface area (Å²) in [5.41, 5.74) is 5.73. The Balaban J connectivity index is 2.12. The van der Waals surface area contributed by atoms with Crippen molar-refractivity contribution < 1.29 is 9.47 Å². The second-order valence-corrected chi connectivity index (χ2v) is 4.69. The smallest absolute Gasteiger partial charge is 0.163 e. The molecule has 1 aliphatic carbocycles. The Morgan fingerprint density at radius 2 is 2.00 bits per heavy atom. The van der Waals surface area contributed by atoms with Gasteiger partial charge in [-0.1, -0.05) is 0 Å². The van der Waals surface area contributed by atoms with E-state index in [1.54, 1.807) is 0 Å². The first-order chi connectivity index (χ1) is 6.57. The number of ether oxygens (including phenoxy) is 2. The van der Waals surface area contributed by atoms with Crippen LogP contribution in [0.3, 0.4) is 0 Å². The predicted molar refractivity (Wildman–Crippen MR) is 53.8 cm³/mol. The molecule has 0 aromatic carbocycles. The second-order valence-electron chi connectivity index (χ2n) is 4.69. The topological polar surface area (TPSA) is 56.5 Å². The lowest BCUT2D eigenvalue weighted by Gasteiger charge is -2.22. The highest BCUT2D eigenvalue weighted by Gasteiger charge is 2.52. The molecule has 2 fully saturated rings. The number of hydrogen-bond acceptors (Lipinski definition) is 4. The number of likely N-dealkylation sites (N-methyl/N-ethyl adjacent to an activating group) is 1. The Morgan fingerprint density at radius 1 is 1.36 bits per heavy atom. The van der Waals surface area contributed by atoms with Gasteiger partial charge in [-0.25, -0.2) is 0 Å². The average Bonchev–Trinajstić information content (AvgIpc) is 2.57. The molecule has 4 heteroatoms. The molecule has 2 aliphatic rings. The molecule has 0 radical (unpaired) electrons. The fraction of sp³-hybridized carbons (Fsp3) is 1.00. The zero-order valence-corrected chi connectivity index (χ0v) is 9.12. The molecule has 4 nitrogen and oxygen atoms in total. The van der Waals surface area contributed by atoms with Gasteiger partial charge in [-0.05, 0) is 33.9 Å². The number of hydrogen-bond donors (Lipinski definition) is 2. The van der Waals surface area contributed by atoms with E-state index >= 15 is 0 Å². The van der Waals surface area contributed by atoms with E-state index in [2.05, 4.69) is 5.32 Å². The monoisotopic (exact) mass is 200 g/mol. The summed E-state index contributed by atoms with van der Waals surface area (Å²) in [4.78, 5) is 0. The molecule has 1 saturated carbocycles. The summed E-state index contributed by atoms with van der Waals surface area (Å²) in [5.74, 6) is -0.0163. The predicted octanol–water partition coefficient (Wildman–Crippen LogP) is 0.0731. The van der Waals surface area contributed by atoms with Gasteiger partial charge < -0.3 is 20.5 Å². The van der Waals surface area contributed by atoms with Crippen LogP contribution in [0.5, 0.6) is 0 Å². The molecule has 4 atom stereocenters. The van der Waals surface area contributed by atoms with Gasteiger partial charge >= 0.3 is 0 Å². The normalized spacial score (nSPS) is 45.4. The van der Waals surface area contributed by atoms with Crippen molar-refractivity contribution in [3.05, 3.63) is 0 Å². The largest absolute Gasteiger partial charge is 0.344 e. The molecular formula is C10H20N2O2. The SMILES string of the molecule is CNC1CC(CN)C2OC(C)(C)OC12.